The Labute approximate surface area is 124 Å². The molecule has 2 N–H and O–H groups in total. The molecule has 1 aliphatic heterocycles. The molecule has 0 aromatic rings. The molecule has 2 atom stereocenters. The van der Waals surface area contributed by atoms with Crippen LogP contribution in [-0.2, 0) is 0 Å². The summed E-state index contributed by atoms with van der Waals surface area (Å²) in [6.07, 6.45) is 7.18. The van der Waals surface area contributed by atoms with E-state index in [9.17, 15) is 0 Å². The van der Waals surface area contributed by atoms with Crippen LogP contribution in [0.4, 0.5) is 0 Å². The summed E-state index contributed by atoms with van der Waals surface area (Å²) in [4.78, 5) is 5.18. The van der Waals surface area contributed by atoms with E-state index < -0.39 is 0 Å². The van der Waals surface area contributed by atoms with Gasteiger partial charge >= 0.3 is 0 Å². The number of thioether (sulfide) groups is 1. The largest absolute Gasteiger partial charge is 0.329 e. The number of rotatable bonds is 7. The molecule has 0 saturated carbocycles. The predicted octanol–water partition coefficient (Wildman–Crippen LogP) is 2.26. The molecule has 1 aliphatic rings. The van der Waals surface area contributed by atoms with Gasteiger partial charge in [-0.15, -0.1) is 0 Å². The van der Waals surface area contributed by atoms with Gasteiger partial charge in [-0.05, 0) is 58.6 Å². The summed E-state index contributed by atoms with van der Waals surface area (Å²) in [5, 5.41) is 0. The van der Waals surface area contributed by atoms with Crippen LogP contribution in [0.15, 0.2) is 0 Å². The Balaban J connectivity index is 2.77. The number of hydrogen-bond acceptors (Lipinski definition) is 4. The summed E-state index contributed by atoms with van der Waals surface area (Å²) in [5.74, 6) is 1.21. The number of hydrogen-bond donors (Lipinski definition) is 1. The van der Waals surface area contributed by atoms with E-state index >= 15 is 0 Å². The molecule has 4 heteroatoms. The van der Waals surface area contributed by atoms with E-state index in [4.69, 9.17) is 5.73 Å². The highest BCUT2D eigenvalue weighted by Gasteiger charge is 2.37. The smallest absolute Gasteiger partial charge is 0.0344 e. The Kier molecular flexibility index (Phi) is 7.73. The second-order valence-corrected chi connectivity index (χ2v) is 6.76. The maximum Gasteiger partial charge on any atom is 0.0344 e. The molecule has 114 valence electrons. The Hall–Kier alpha value is 0.230. The van der Waals surface area contributed by atoms with Crippen molar-refractivity contribution in [2.75, 3.05) is 45.2 Å². The molecule has 0 amide bonds. The normalized spacial score (nSPS) is 27.5. The molecule has 1 heterocycles. The topological polar surface area (TPSA) is 32.5 Å². The first-order valence-corrected chi connectivity index (χ1v) is 9.17. The molecule has 0 aromatic heterocycles. The van der Waals surface area contributed by atoms with Gasteiger partial charge < -0.3 is 10.6 Å². The highest BCUT2D eigenvalue weighted by molar-refractivity contribution is 7.98. The standard InChI is InChI=1S/C15H33N3S/c1-5-14(12-19-4)17(3)15(13-16)8-7-10-18(6-2)11-9-15/h14H,5-13,16H2,1-4H3. The van der Waals surface area contributed by atoms with Crippen molar-refractivity contribution in [1.82, 2.24) is 9.80 Å². The van der Waals surface area contributed by atoms with Crippen molar-refractivity contribution >= 4 is 11.8 Å². The van der Waals surface area contributed by atoms with E-state index in [1.165, 1.54) is 51.1 Å². The lowest BCUT2D eigenvalue weighted by Crippen LogP contribution is -2.56. The Morgan fingerprint density at radius 3 is 2.58 bits per heavy atom. The van der Waals surface area contributed by atoms with Gasteiger partial charge in [0.1, 0.15) is 0 Å². The van der Waals surface area contributed by atoms with Crippen LogP contribution in [0.1, 0.15) is 39.5 Å². The van der Waals surface area contributed by atoms with E-state index in [1.807, 2.05) is 11.8 Å². The maximum absolute atomic E-state index is 6.22. The highest BCUT2D eigenvalue weighted by Crippen LogP contribution is 2.30. The fourth-order valence-corrected chi connectivity index (χ4v) is 4.18. The molecule has 1 fully saturated rings. The van der Waals surface area contributed by atoms with E-state index in [0.29, 0.717) is 6.04 Å². The lowest BCUT2D eigenvalue weighted by molar-refractivity contribution is 0.0699. The van der Waals surface area contributed by atoms with Crippen molar-refractivity contribution in [3.63, 3.8) is 0 Å². The fourth-order valence-electron chi connectivity index (χ4n) is 3.34. The van der Waals surface area contributed by atoms with E-state index in [2.05, 4.69) is 37.0 Å². The monoisotopic (exact) mass is 287 g/mol. The molecule has 0 aromatic carbocycles. The minimum absolute atomic E-state index is 0.223. The SMILES string of the molecule is CCC(CSC)N(C)C1(CN)CCCN(CC)CC1. The summed E-state index contributed by atoms with van der Waals surface area (Å²) in [5.41, 5.74) is 6.44. The quantitative estimate of drug-likeness (QED) is 0.778. The molecule has 19 heavy (non-hydrogen) atoms. The first-order chi connectivity index (χ1) is 9.13. The molecule has 0 spiro atoms. The summed E-state index contributed by atoms with van der Waals surface area (Å²) < 4.78 is 0. The van der Waals surface area contributed by atoms with E-state index in [1.54, 1.807) is 0 Å². The third kappa shape index (κ3) is 4.35. The van der Waals surface area contributed by atoms with Gasteiger partial charge in [-0.1, -0.05) is 13.8 Å². The maximum atomic E-state index is 6.22. The van der Waals surface area contributed by atoms with Gasteiger partial charge in [-0.2, -0.15) is 11.8 Å². The van der Waals surface area contributed by atoms with Crippen molar-refractivity contribution in [3.05, 3.63) is 0 Å². The number of likely N-dealkylation sites (N-methyl/N-ethyl adjacent to an activating group) is 1. The molecule has 0 radical (unpaired) electrons. The van der Waals surface area contributed by atoms with Crippen LogP contribution in [0.5, 0.6) is 0 Å². The third-order valence-corrected chi connectivity index (χ3v) is 5.68. The van der Waals surface area contributed by atoms with Crippen LogP contribution in [0.2, 0.25) is 0 Å². The summed E-state index contributed by atoms with van der Waals surface area (Å²) in [6.45, 7) is 8.98. The van der Waals surface area contributed by atoms with Crippen molar-refractivity contribution in [3.8, 4) is 0 Å². The van der Waals surface area contributed by atoms with Crippen molar-refractivity contribution < 1.29 is 0 Å². The van der Waals surface area contributed by atoms with Gasteiger partial charge in [-0.25, -0.2) is 0 Å². The Morgan fingerprint density at radius 2 is 2.05 bits per heavy atom. The number of likely N-dealkylation sites (tertiary alicyclic amines) is 1. The molecular weight excluding hydrogens is 254 g/mol. The van der Waals surface area contributed by atoms with Gasteiger partial charge in [0.2, 0.25) is 0 Å². The van der Waals surface area contributed by atoms with Gasteiger partial charge in [0.25, 0.3) is 0 Å². The second-order valence-electron chi connectivity index (χ2n) is 5.84. The van der Waals surface area contributed by atoms with E-state index in [0.717, 1.165) is 6.54 Å². The van der Waals surface area contributed by atoms with Crippen LogP contribution in [0, 0.1) is 0 Å². The van der Waals surface area contributed by atoms with Gasteiger partial charge in [-0.3, -0.25) is 4.90 Å². The number of nitrogens with two attached hydrogens (primary N) is 1. The summed E-state index contributed by atoms with van der Waals surface area (Å²) >= 11 is 1.95. The first-order valence-electron chi connectivity index (χ1n) is 7.77. The summed E-state index contributed by atoms with van der Waals surface area (Å²) in [7, 11) is 2.30. The van der Waals surface area contributed by atoms with Crippen molar-refractivity contribution in [2.24, 2.45) is 5.73 Å². The van der Waals surface area contributed by atoms with Crippen LogP contribution >= 0.6 is 11.8 Å². The van der Waals surface area contributed by atoms with Crippen LogP contribution in [0.3, 0.4) is 0 Å². The zero-order valence-corrected chi connectivity index (χ0v) is 14.1. The van der Waals surface area contributed by atoms with Crippen LogP contribution in [-0.4, -0.2) is 66.6 Å². The highest BCUT2D eigenvalue weighted by atomic mass is 32.2. The molecule has 0 bridgehead atoms. The summed E-state index contributed by atoms with van der Waals surface area (Å²) in [6, 6.07) is 0.659. The van der Waals surface area contributed by atoms with Crippen LogP contribution in [0.25, 0.3) is 0 Å². The zero-order chi connectivity index (χ0) is 14.3. The molecule has 1 rings (SSSR count). The zero-order valence-electron chi connectivity index (χ0n) is 13.3. The Morgan fingerprint density at radius 1 is 1.32 bits per heavy atom. The molecule has 1 saturated heterocycles. The Bertz CT molecular complexity index is 250. The first kappa shape index (κ1) is 17.3. The molecule has 3 nitrogen and oxygen atoms in total. The lowest BCUT2D eigenvalue weighted by atomic mass is 9.87. The van der Waals surface area contributed by atoms with Gasteiger partial charge in [0.15, 0.2) is 0 Å². The predicted molar refractivity (Wildman–Crippen MR) is 88.0 cm³/mol. The van der Waals surface area contributed by atoms with Gasteiger partial charge in [0.05, 0.1) is 0 Å². The third-order valence-electron chi connectivity index (χ3n) is 4.96. The molecule has 2 unspecified atom stereocenters. The number of nitrogens with zero attached hydrogens (tertiary/aromatic N) is 2. The average Bonchev–Trinajstić information content (AvgIpc) is 2.66. The average molecular weight is 288 g/mol. The minimum Gasteiger partial charge on any atom is -0.329 e. The molecular formula is C15H33N3S. The van der Waals surface area contributed by atoms with Crippen molar-refractivity contribution in [1.29, 1.82) is 0 Å². The van der Waals surface area contributed by atoms with Crippen LogP contribution < -0.4 is 5.73 Å². The molecule has 0 aliphatic carbocycles. The fraction of sp³-hybridized carbons (Fsp3) is 1.00. The lowest BCUT2D eigenvalue weighted by Gasteiger charge is -2.45. The second kappa shape index (κ2) is 8.50. The van der Waals surface area contributed by atoms with Crippen molar-refractivity contribution in [2.45, 2.75) is 51.1 Å². The van der Waals surface area contributed by atoms with E-state index in [-0.39, 0.29) is 5.54 Å². The van der Waals surface area contributed by atoms with Gasteiger partial charge in [0, 0.05) is 23.9 Å². The minimum atomic E-state index is 0.223.